The van der Waals surface area contributed by atoms with Crippen molar-refractivity contribution in [2.75, 3.05) is 6.54 Å². The van der Waals surface area contributed by atoms with Gasteiger partial charge < -0.3 is 15.4 Å². The van der Waals surface area contributed by atoms with Gasteiger partial charge in [-0.05, 0) is 64.2 Å². The van der Waals surface area contributed by atoms with Gasteiger partial charge in [-0.3, -0.25) is 0 Å². The van der Waals surface area contributed by atoms with Gasteiger partial charge in [0.05, 0.1) is 0 Å². The molecule has 0 bridgehead atoms. The minimum atomic E-state index is -0.433. The topological polar surface area (TPSA) is 50.4 Å². The van der Waals surface area contributed by atoms with Crippen LogP contribution in [0.5, 0.6) is 0 Å². The molecule has 2 aliphatic rings. The van der Waals surface area contributed by atoms with Crippen LogP contribution in [0.15, 0.2) is 0 Å². The number of carbonyl (C=O) groups excluding carboxylic acids is 1. The van der Waals surface area contributed by atoms with Crippen LogP contribution >= 0.6 is 0 Å². The normalized spacial score (nSPS) is 26.9. The van der Waals surface area contributed by atoms with Crippen molar-refractivity contribution in [2.24, 2.45) is 17.8 Å². The van der Waals surface area contributed by atoms with Gasteiger partial charge in [-0.15, -0.1) is 0 Å². The van der Waals surface area contributed by atoms with Gasteiger partial charge in [-0.1, -0.05) is 26.7 Å². The average molecular weight is 325 g/mol. The summed E-state index contributed by atoms with van der Waals surface area (Å²) in [6.45, 7) is 11.3. The summed E-state index contributed by atoms with van der Waals surface area (Å²) < 4.78 is 5.42. The standard InChI is InChI=1S/C19H36N2O2/c1-13(2)15-8-6-7-9-16(15)20-12-17(14-10-11-14)21-18(22)23-19(3,4)5/h13-17,20H,6-12H2,1-5H3,(H,21,22). The SMILES string of the molecule is CC(C)C1CCCCC1NCC(NC(=O)OC(C)(C)C)C1CC1. The average Bonchev–Trinajstić information content (AvgIpc) is 3.26. The third-order valence-electron chi connectivity index (χ3n) is 5.17. The Morgan fingerprint density at radius 3 is 2.35 bits per heavy atom. The van der Waals surface area contributed by atoms with Crippen molar-refractivity contribution in [1.82, 2.24) is 10.6 Å². The maximum Gasteiger partial charge on any atom is 0.407 e. The van der Waals surface area contributed by atoms with Gasteiger partial charge in [-0.25, -0.2) is 4.79 Å². The zero-order valence-corrected chi connectivity index (χ0v) is 15.7. The first-order valence-corrected chi connectivity index (χ1v) is 9.49. The third-order valence-corrected chi connectivity index (χ3v) is 5.17. The molecule has 0 aromatic rings. The van der Waals surface area contributed by atoms with Crippen molar-refractivity contribution in [3.8, 4) is 0 Å². The fourth-order valence-corrected chi connectivity index (χ4v) is 3.78. The van der Waals surface area contributed by atoms with Gasteiger partial charge in [0.15, 0.2) is 0 Å². The van der Waals surface area contributed by atoms with Gasteiger partial charge in [0.25, 0.3) is 0 Å². The number of ether oxygens (including phenoxy) is 1. The second-order valence-electron chi connectivity index (χ2n) is 8.80. The minimum Gasteiger partial charge on any atom is -0.444 e. The summed E-state index contributed by atoms with van der Waals surface area (Å²) in [5.74, 6) is 2.12. The summed E-state index contributed by atoms with van der Waals surface area (Å²) in [6.07, 6.45) is 7.47. The van der Waals surface area contributed by atoms with Gasteiger partial charge >= 0.3 is 6.09 Å². The lowest BCUT2D eigenvalue weighted by Crippen LogP contribution is -2.50. The monoisotopic (exact) mass is 324 g/mol. The number of hydrogen-bond donors (Lipinski definition) is 2. The minimum absolute atomic E-state index is 0.208. The van der Waals surface area contributed by atoms with E-state index in [1.54, 1.807) is 0 Å². The summed E-state index contributed by atoms with van der Waals surface area (Å²) in [5.41, 5.74) is -0.433. The predicted octanol–water partition coefficient (Wildman–Crippen LogP) is 4.09. The maximum absolute atomic E-state index is 12.1. The van der Waals surface area contributed by atoms with E-state index >= 15 is 0 Å². The smallest absolute Gasteiger partial charge is 0.407 e. The van der Waals surface area contributed by atoms with Crippen LogP contribution in [0.3, 0.4) is 0 Å². The Balaban J connectivity index is 1.83. The van der Waals surface area contributed by atoms with Crippen LogP contribution in [0, 0.1) is 17.8 Å². The van der Waals surface area contributed by atoms with E-state index in [0.717, 1.165) is 18.4 Å². The summed E-state index contributed by atoms with van der Waals surface area (Å²) >= 11 is 0. The predicted molar refractivity (Wildman–Crippen MR) is 94.5 cm³/mol. The molecule has 4 heteroatoms. The zero-order chi connectivity index (χ0) is 17.0. The molecule has 0 spiro atoms. The first-order chi connectivity index (χ1) is 10.8. The van der Waals surface area contributed by atoms with Crippen LogP contribution in [-0.4, -0.2) is 30.3 Å². The molecule has 2 rings (SSSR count). The number of nitrogens with one attached hydrogen (secondary N) is 2. The van der Waals surface area contributed by atoms with Crippen LogP contribution in [0.2, 0.25) is 0 Å². The van der Waals surface area contributed by atoms with E-state index in [1.165, 1.54) is 38.5 Å². The molecule has 0 radical (unpaired) electrons. The molecule has 2 N–H and O–H groups in total. The number of amides is 1. The van der Waals surface area contributed by atoms with Crippen molar-refractivity contribution in [2.45, 2.75) is 90.8 Å². The Hall–Kier alpha value is -0.770. The molecule has 0 aromatic heterocycles. The number of carbonyl (C=O) groups is 1. The molecule has 0 aromatic carbocycles. The number of rotatable bonds is 6. The lowest BCUT2D eigenvalue weighted by Gasteiger charge is -2.36. The Kier molecular flexibility index (Phi) is 6.35. The van der Waals surface area contributed by atoms with Crippen LogP contribution < -0.4 is 10.6 Å². The largest absolute Gasteiger partial charge is 0.444 e. The summed E-state index contributed by atoms with van der Waals surface area (Å²) in [4.78, 5) is 12.1. The summed E-state index contributed by atoms with van der Waals surface area (Å²) in [5, 5.41) is 6.87. The number of alkyl carbamates (subject to hydrolysis) is 1. The first kappa shape index (κ1) is 18.6. The van der Waals surface area contributed by atoms with Gasteiger partial charge in [0.1, 0.15) is 5.60 Å². The Morgan fingerprint density at radius 1 is 1.13 bits per heavy atom. The van der Waals surface area contributed by atoms with Crippen LogP contribution in [0.4, 0.5) is 4.79 Å². The molecule has 23 heavy (non-hydrogen) atoms. The van der Waals surface area contributed by atoms with E-state index < -0.39 is 5.60 Å². The molecule has 3 unspecified atom stereocenters. The first-order valence-electron chi connectivity index (χ1n) is 9.49. The van der Waals surface area contributed by atoms with Crippen LogP contribution in [-0.2, 0) is 4.74 Å². The van der Waals surface area contributed by atoms with Gasteiger partial charge in [-0.2, -0.15) is 0 Å². The third kappa shape index (κ3) is 6.33. The van der Waals surface area contributed by atoms with Crippen LogP contribution in [0.1, 0.15) is 73.1 Å². The van der Waals surface area contributed by atoms with Crippen molar-refractivity contribution >= 4 is 6.09 Å². The molecule has 0 aliphatic heterocycles. The molecule has 4 nitrogen and oxygen atoms in total. The molecule has 2 fully saturated rings. The Bertz CT molecular complexity index is 385. The second kappa shape index (κ2) is 7.87. The second-order valence-corrected chi connectivity index (χ2v) is 8.80. The highest BCUT2D eigenvalue weighted by Crippen LogP contribution is 2.34. The molecule has 0 heterocycles. The number of hydrogen-bond acceptors (Lipinski definition) is 3. The molecule has 2 saturated carbocycles. The van der Waals surface area contributed by atoms with Crippen molar-refractivity contribution in [1.29, 1.82) is 0 Å². The summed E-state index contributed by atoms with van der Waals surface area (Å²) in [7, 11) is 0. The molecule has 1 amide bonds. The quantitative estimate of drug-likeness (QED) is 0.773. The maximum atomic E-state index is 12.1. The molecular formula is C19H36N2O2. The highest BCUT2D eigenvalue weighted by atomic mass is 16.6. The van der Waals surface area contributed by atoms with E-state index in [1.807, 2.05) is 20.8 Å². The van der Waals surface area contributed by atoms with E-state index in [4.69, 9.17) is 4.74 Å². The Labute approximate surface area is 142 Å². The fourth-order valence-electron chi connectivity index (χ4n) is 3.78. The van der Waals surface area contributed by atoms with Gasteiger partial charge in [0.2, 0.25) is 0 Å². The van der Waals surface area contributed by atoms with E-state index in [2.05, 4.69) is 24.5 Å². The molecule has 3 atom stereocenters. The molecule has 0 saturated heterocycles. The Morgan fingerprint density at radius 2 is 1.78 bits per heavy atom. The van der Waals surface area contributed by atoms with Crippen molar-refractivity contribution in [3.63, 3.8) is 0 Å². The summed E-state index contributed by atoms with van der Waals surface area (Å²) in [6, 6.07) is 0.810. The van der Waals surface area contributed by atoms with Crippen molar-refractivity contribution < 1.29 is 9.53 Å². The highest BCUT2D eigenvalue weighted by molar-refractivity contribution is 5.68. The molecule has 2 aliphatic carbocycles. The van der Waals surface area contributed by atoms with Crippen molar-refractivity contribution in [3.05, 3.63) is 0 Å². The fraction of sp³-hybridized carbons (Fsp3) is 0.947. The van der Waals surface area contributed by atoms with Crippen LogP contribution in [0.25, 0.3) is 0 Å². The highest BCUT2D eigenvalue weighted by Gasteiger charge is 2.35. The lowest BCUT2D eigenvalue weighted by atomic mass is 9.78. The van der Waals surface area contributed by atoms with E-state index in [-0.39, 0.29) is 12.1 Å². The zero-order valence-electron chi connectivity index (χ0n) is 15.7. The molecule has 134 valence electrons. The lowest BCUT2D eigenvalue weighted by molar-refractivity contribution is 0.0494. The van der Waals surface area contributed by atoms with E-state index in [0.29, 0.717) is 12.0 Å². The van der Waals surface area contributed by atoms with Gasteiger partial charge in [0, 0.05) is 18.6 Å². The van der Waals surface area contributed by atoms with E-state index in [9.17, 15) is 4.79 Å². The molecular weight excluding hydrogens is 288 g/mol.